The monoisotopic (exact) mass is 129 g/mol. The lowest BCUT2D eigenvalue weighted by atomic mass is 10.3. The van der Waals surface area contributed by atoms with Crippen molar-refractivity contribution in [2.75, 3.05) is 0 Å². The van der Waals surface area contributed by atoms with Crippen LogP contribution in [0, 0.1) is 5.41 Å². The van der Waals surface area contributed by atoms with E-state index in [1.54, 1.807) is 6.92 Å². The van der Waals surface area contributed by atoms with Gasteiger partial charge in [-0.15, -0.1) is 0 Å². The lowest BCUT2D eigenvalue weighted by molar-refractivity contribution is -0.108. The third kappa shape index (κ3) is 4.80. The van der Waals surface area contributed by atoms with E-state index in [-0.39, 0.29) is 12.0 Å². The van der Waals surface area contributed by atoms with Crippen LogP contribution < -0.4 is 11.1 Å². The van der Waals surface area contributed by atoms with E-state index in [2.05, 4.69) is 5.32 Å². The van der Waals surface area contributed by atoms with Gasteiger partial charge in [-0.25, -0.2) is 0 Å². The number of carbonyl (C=O) groups is 1. The summed E-state index contributed by atoms with van der Waals surface area (Å²) >= 11 is 0. The third-order valence-electron chi connectivity index (χ3n) is 0.852. The second-order valence-electron chi connectivity index (χ2n) is 1.86. The van der Waals surface area contributed by atoms with E-state index in [4.69, 9.17) is 11.1 Å². The van der Waals surface area contributed by atoms with Crippen LogP contribution >= 0.6 is 0 Å². The molecule has 0 aliphatic carbocycles. The maximum atomic E-state index is 9.85. The van der Waals surface area contributed by atoms with Gasteiger partial charge in [0.1, 0.15) is 6.29 Å². The average molecular weight is 129 g/mol. The van der Waals surface area contributed by atoms with E-state index in [0.29, 0.717) is 6.42 Å². The number of aldehydes is 1. The fourth-order valence-electron chi connectivity index (χ4n) is 0.469. The van der Waals surface area contributed by atoms with Crippen LogP contribution in [-0.4, -0.2) is 18.3 Å². The predicted molar refractivity (Wildman–Crippen MR) is 35.2 cm³/mol. The van der Waals surface area contributed by atoms with Crippen molar-refractivity contribution in [2.45, 2.75) is 19.4 Å². The Morgan fingerprint density at radius 1 is 2.00 bits per heavy atom. The van der Waals surface area contributed by atoms with Crippen molar-refractivity contribution in [1.29, 1.82) is 5.41 Å². The topological polar surface area (TPSA) is 79.0 Å². The smallest absolute Gasteiger partial charge is 0.185 e. The van der Waals surface area contributed by atoms with Crippen LogP contribution in [0.1, 0.15) is 13.3 Å². The molecule has 4 heteroatoms. The van der Waals surface area contributed by atoms with Crippen molar-refractivity contribution in [3.05, 3.63) is 0 Å². The first-order chi connectivity index (χ1) is 4.16. The molecular formula is C5H11N3O. The molecule has 1 atom stereocenters. The van der Waals surface area contributed by atoms with E-state index < -0.39 is 0 Å². The van der Waals surface area contributed by atoms with E-state index >= 15 is 0 Å². The van der Waals surface area contributed by atoms with Crippen LogP contribution in [0.3, 0.4) is 0 Å². The number of hydrogen-bond donors (Lipinski definition) is 3. The molecule has 0 bridgehead atoms. The maximum Gasteiger partial charge on any atom is 0.185 e. The number of carbonyl (C=O) groups excluding carboxylic acids is 1. The molecule has 0 saturated heterocycles. The van der Waals surface area contributed by atoms with Crippen molar-refractivity contribution in [3.8, 4) is 0 Å². The summed E-state index contributed by atoms with van der Waals surface area (Å²) in [4.78, 5) is 9.85. The predicted octanol–water partition coefficient (Wildman–Crippen LogP) is -0.553. The van der Waals surface area contributed by atoms with Gasteiger partial charge in [0.2, 0.25) is 0 Å². The summed E-state index contributed by atoms with van der Waals surface area (Å²) in [6, 6.07) is -0.0278. The molecule has 4 N–H and O–H groups in total. The summed E-state index contributed by atoms with van der Waals surface area (Å²) in [6.45, 7) is 1.79. The second-order valence-corrected chi connectivity index (χ2v) is 1.86. The normalized spacial score (nSPS) is 12.1. The summed E-state index contributed by atoms with van der Waals surface area (Å²) in [5, 5.41) is 9.33. The zero-order valence-electron chi connectivity index (χ0n) is 5.35. The first-order valence-corrected chi connectivity index (χ1v) is 2.71. The molecule has 0 rings (SSSR count). The molecule has 0 spiro atoms. The molecule has 0 aromatic carbocycles. The van der Waals surface area contributed by atoms with Crippen molar-refractivity contribution in [3.63, 3.8) is 0 Å². The van der Waals surface area contributed by atoms with Crippen LogP contribution in [0.15, 0.2) is 0 Å². The molecule has 0 amide bonds. The van der Waals surface area contributed by atoms with E-state index in [1.807, 2.05) is 0 Å². The molecule has 0 aromatic rings. The molecule has 0 fully saturated rings. The largest absolute Gasteiger partial charge is 0.370 e. The van der Waals surface area contributed by atoms with Crippen molar-refractivity contribution in [1.82, 2.24) is 5.32 Å². The molecule has 9 heavy (non-hydrogen) atoms. The zero-order valence-corrected chi connectivity index (χ0v) is 5.35. The van der Waals surface area contributed by atoms with Gasteiger partial charge in [0.25, 0.3) is 0 Å². The van der Waals surface area contributed by atoms with E-state index in [0.717, 1.165) is 6.29 Å². The highest BCUT2D eigenvalue weighted by molar-refractivity contribution is 5.74. The Labute approximate surface area is 53.9 Å². The number of guanidine groups is 1. The molecule has 0 saturated carbocycles. The molecule has 1 unspecified atom stereocenters. The highest BCUT2D eigenvalue weighted by atomic mass is 16.1. The van der Waals surface area contributed by atoms with Gasteiger partial charge in [-0.3, -0.25) is 5.41 Å². The van der Waals surface area contributed by atoms with Gasteiger partial charge in [-0.05, 0) is 6.92 Å². The van der Waals surface area contributed by atoms with Gasteiger partial charge >= 0.3 is 0 Å². The fourth-order valence-corrected chi connectivity index (χ4v) is 0.469. The van der Waals surface area contributed by atoms with Crippen LogP contribution in [0.4, 0.5) is 0 Å². The third-order valence-corrected chi connectivity index (χ3v) is 0.852. The summed E-state index contributed by atoms with van der Waals surface area (Å²) in [6.07, 6.45) is 1.18. The lowest BCUT2D eigenvalue weighted by Gasteiger charge is -2.08. The summed E-state index contributed by atoms with van der Waals surface area (Å²) in [5.74, 6) is -0.0932. The van der Waals surface area contributed by atoms with Crippen LogP contribution in [0.2, 0.25) is 0 Å². The Morgan fingerprint density at radius 2 is 2.56 bits per heavy atom. The van der Waals surface area contributed by atoms with Crippen LogP contribution in [0.5, 0.6) is 0 Å². The maximum absolute atomic E-state index is 9.85. The van der Waals surface area contributed by atoms with Gasteiger partial charge in [-0.2, -0.15) is 0 Å². The molecular weight excluding hydrogens is 118 g/mol. The van der Waals surface area contributed by atoms with Crippen LogP contribution in [0.25, 0.3) is 0 Å². The minimum Gasteiger partial charge on any atom is -0.370 e. The molecule has 0 radical (unpaired) electrons. The Kier molecular flexibility index (Phi) is 3.43. The highest BCUT2D eigenvalue weighted by Crippen LogP contribution is 1.82. The van der Waals surface area contributed by atoms with Gasteiger partial charge in [0.05, 0.1) is 0 Å². The van der Waals surface area contributed by atoms with Gasteiger partial charge in [0, 0.05) is 12.5 Å². The minimum atomic E-state index is -0.0932. The Bertz CT molecular complexity index is 113. The summed E-state index contributed by atoms with van der Waals surface area (Å²) in [5.41, 5.74) is 4.98. The van der Waals surface area contributed by atoms with Crippen LogP contribution in [-0.2, 0) is 4.79 Å². The average Bonchev–Trinajstić information content (AvgIpc) is 1.63. The lowest BCUT2D eigenvalue weighted by Crippen LogP contribution is -2.37. The first kappa shape index (κ1) is 7.94. The SMILES string of the molecule is CC(CC=O)NC(=N)N. The number of nitrogens with two attached hydrogens (primary N) is 1. The first-order valence-electron chi connectivity index (χ1n) is 2.71. The number of rotatable bonds is 3. The van der Waals surface area contributed by atoms with Gasteiger partial charge < -0.3 is 15.8 Å². The Balaban J connectivity index is 3.37. The summed E-state index contributed by atoms with van der Waals surface area (Å²) in [7, 11) is 0. The zero-order chi connectivity index (χ0) is 7.28. The summed E-state index contributed by atoms with van der Waals surface area (Å²) < 4.78 is 0. The van der Waals surface area contributed by atoms with Gasteiger partial charge in [0.15, 0.2) is 5.96 Å². The van der Waals surface area contributed by atoms with E-state index in [1.165, 1.54) is 0 Å². The van der Waals surface area contributed by atoms with Crippen molar-refractivity contribution < 1.29 is 4.79 Å². The van der Waals surface area contributed by atoms with Crippen molar-refractivity contribution in [2.24, 2.45) is 5.73 Å². The number of nitrogens with one attached hydrogen (secondary N) is 2. The molecule has 0 aliphatic heterocycles. The minimum absolute atomic E-state index is 0.0278. The Hall–Kier alpha value is -1.06. The fraction of sp³-hybridized carbons (Fsp3) is 0.600. The Morgan fingerprint density at radius 3 is 2.89 bits per heavy atom. The highest BCUT2D eigenvalue weighted by Gasteiger charge is 1.98. The quantitative estimate of drug-likeness (QED) is 0.271. The van der Waals surface area contributed by atoms with Crippen molar-refractivity contribution >= 4 is 12.2 Å². The molecule has 52 valence electrons. The second kappa shape index (κ2) is 3.88. The van der Waals surface area contributed by atoms with E-state index in [9.17, 15) is 4.79 Å². The molecule has 0 aromatic heterocycles. The van der Waals surface area contributed by atoms with Gasteiger partial charge in [-0.1, -0.05) is 0 Å². The standard InChI is InChI=1S/C5H11N3O/c1-4(2-3-9)8-5(6)7/h3-4H,2H2,1H3,(H4,6,7,8). The molecule has 4 nitrogen and oxygen atoms in total. The molecule has 0 aliphatic rings. The molecule has 0 heterocycles. The number of hydrogen-bond acceptors (Lipinski definition) is 2.